The fourth-order valence-electron chi connectivity index (χ4n) is 11.9. The number of hydrogen-bond donors (Lipinski definition) is 0. The van der Waals surface area contributed by atoms with Gasteiger partial charge in [0, 0.05) is 22.5 Å². The number of fused-ring (bicyclic) bond motifs is 3. The summed E-state index contributed by atoms with van der Waals surface area (Å²) in [7, 11) is 0. The molecule has 2 heteroatoms. The molecule has 7 aromatic rings. The first-order valence-electron chi connectivity index (χ1n) is 21.0. The van der Waals surface area contributed by atoms with Crippen LogP contribution in [0.5, 0.6) is 0 Å². The van der Waals surface area contributed by atoms with Gasteiger partial charge in [0.2, 0.25) is 0 Å². The first kappa shape index (κ1) is 34.5. The Bertz CT molecular complexity index is 2560. The van der Waals surface area contributed by atoms with Gasteiger partial charge in [-0.15, -0.1) is 0 Å². The van der Waals surface area contributed by atoms with Gasteiger partial charge in [-0.3, -0.25) is 0 Å². The first-order chi connectivity index (χ1) is 27.8. The predicted molar refractivity (Wildman–Crippen MR) is 235 cm³/mol. The molecule has 4 bridgehead atoms. The Labute approximate surface area is 336 Å². The summed E-state index contributed by atoms with van der Waals surface area (Å²) in [5, 5.41) is 0. The summed E-state index contributed by atoms with van der Waals surface area (Å²) < 4.78 is 13.7. The molecule has 0 amide bonds. The lowest BCUT2D eigenvalue weighted by Gasteiger charge is -2.57. The Morgan fingerprint density at radius 3 is 1.42 bits per heavy atom. The van der Waals surface area contributed by atoms with Crippen molar-refractivity contribution in [2.24, 2.45) is 17.8 Å². The van der Waals surface area contributed by atoms with Gasteiger partial charge in [0.15, 0.2) is 0 Å². The minimum Gasteiger partial charge on any atom is -0.310 e. The van der Waals surface area contributed by atoms with Crippen molar-refractivity contribution < 1.29 is 4.39 Å². The van der Waals surface area contributed by atoms with Crippen molar-refractivity contribution in [2.75, 3.05) is 4.90 Å². The Morgan fingerprint density at radius 2 is 0.860 bits per heavy atom. The predicted octanol–water partition coefficient (Wildman–Crippen LogP) is 15.1. The molecule has 0 spiro atoms. The molecule has 5 aliphatic rings. The van der Waals surface area contributed by atoms with Gasteiger partial charge in [-0.05, 0) is 177 Å². The SMILES string of the molecule is CC1(C)c2cc(-c3ccc(C45CC6CC(CC(C6)C4)C5)cc3)ccc2-c2ccc(N(c3ccc(-c4ccccc4)cc3)c3ccc(-c4ccc(F)cc4)cc3)cc21. The Kier molecular flexibility index (Phi) is 7.97. The van der Waals surface area contributed by atoms with Crippen molar-refractivity contribution in [2.45, 2.75) is 63.2 Å². The van der Waals surface area contributed by atoms with Crippen LogP contribution in [-0.4, -0.2) is 0 Å². The summed E-state index contributed by atoms with van der Waals surface area (Å²) in [6.07, 6.45) is 8.67. The lowest BCUT2D eigenvalue weighted by atomic mass is 9.48. The van der Waals surface area contributed by atoms with E-state index in [0.717, 1.165) is 45.9 Å². The third-order valence-electron chi connectivity index (χ3n) is 14.3. The summed E-state index contributed by atoms with van der Waals surface area (Å²) in [6.45, 7) is 4.77. The number of rotatable bonds is 7. The van der Waals surface area contributed by atoms with Gasteiger partial charge in [0.05, 0.1) is 0 Å². The molecule has 5 aliphatic carbocycles. The van der Waals surface area contributed by atoms with Crippen LogP contribution in [0.15, 0.2) is 164 Å². The third-order valence-corrected chi connectivity index (χ3v) is 14.3. The maximum atomic E-state index is 13.7. The van der Waals surface area contributed by atoms with Crippen LogP contribution >= 0.6 is 0 Å². The molecule has 4 fully saturated rings. The van der Waals surface area contributed by atoms with Gasteiger partial charge < -0.3 is 4.90 Å². The summed E-state index contributed by atoms with van der Waals surface area (Å²) in [5.74, 6) is 2.65. The molecule has 1 nitrogen and oxygen atoms in total. The van der Waals surface area contributed by atoms with Gasteiger partial charge >= 0.3 is 0 Å². The van der Waals surface area contributed by atoms with Gasteiger partial charge in [0.25, 0.3) is 0 Å². The van der Waals surface area contributed by atoms with Crippen LogP contribution in [0, 0.1) is 23.6 Å². The highest BCUT2D eigenvalue weighted by Gasteiger charge is 2.51. The van der Waals surface area contributed by atoms with E-state index in [2.05, 4.69) is 158 Å². The number of nitrogens with zero attached hydrogens (tertiary/aromatic N) is 1. The molecule has 0 N–H and O–H groups in total. The maximum Gasteiger partial charge on any atom is 0.123 e. The summed E-state index contributed by atoms with van der Waals surface area (Å²) in [6, 6.07) is 58.8. The number of benzene rings is 7. The monoisotopic (exact) mass is 741 g/mol. The molecule has 57 heavy (non-hydrogen) atoms. The lowest BCUT2D eigenvalue weighted by Crippen LogP contribution is -2.48. The normalized spacial score (nSPS) is 22.3. The Balaban J connectivity index is 0.931. The second kappa shape index (κ2) is 13.2. The fraction of sp³-hybridized carbons (Fsp3) is 0.236. The second-order valence-electron chi connectivity index (χ2n) is 18.2. The molecule has 0 radical (unpaired) electrons. The van der Waals surface area contributed by atoms with Crippen LogP contribution < -0.4 is 4.90 Å². The lowest BCUT2D eigenvalue weighted by molar-refractivity contribution is -0.00518. The zero-order chi connectivity index (χ0) is 38.3. The van der Waals surface area contributed by atoms with Crippen molar-refractivity contribution in [3.63, 3.8) is 0 Å². The smallest absolute Gasteiger partial charge is 0.123 e. The molecule has 0 aromatic heterocycles. The Hall–Kier alpha value is -5.73. The summed E-state index contributed by atoms with van der Waals surface area (Å²) in [4.78, 5) is 2.36. The van der Waals surface area contributed by atoms with Crippen molar-refractivity contribution in [1.82, 2.24) is 0 Å². The van der Waals surface area contributed by atoms with Gasteiger partial charge in [-0.2, -0.15) is 0 Å². The molecule has 0 aliphatic heterocycles. The molecular formula is C55H48FN. The minimum atomic E-state index is -0.223. The summed E-state index contributed by atoms with van der Waals surface area (Å²) >= 11 is 0. The van der Waals surface area contributed by atoms with Crippen molar-refractivity contribution in [3.8, 4) is 44.5 Å². The molecule has 0 atom stereocenters. The quantitative estimate of drug-likeness (QED) is 0.157. The van der Waals surface area contributed by atoms with Gasteiger partial charge in [-0.25, -0.2) is 4.39 Å². The van der Waals surface area contributed by atoms with E-state index in [1.54, 1.807) is 5.56 Å². The molecule has 12 rings (SSSR count). The van der Waals surface area contributed by atoms with E-state index in [9.17, 15) is 4.39 Å². The highest BCUT2D eigenvalue weighted by atomic mass is 19.1. The van der Waals surface area contributed by atoms with Crippen molar-refractivity contribution >= 4 is 17.1 Å². The third kappa shape index (κ3) is 5.87. The van der Waals surface area contributed by atoms with Crippen molar-refractivity contribution in [1.29, 1.82) is 0 Å². The number of halogens is 1. The van der Waals surface area contributed by atoms with Crippen molar-refractivity contribution in [3.05, 3.63) is 186 Å². The standard InChI is InChI=1S/C55H48FN/c1-54(2)52-31-44(43-8-17-45(18-9-43)55-33-36-28-37(34-55)30-38(29-36)35-55)16-26-50(52)51-27-25-49(32-53(51)54)57(47-21-12-41(13-22-47)39-6-4-3-5-7-39)48-23-14-42(15-24-48)40-10-19-46(56)20-11-40/h3-27,31-32,36-38H,28-30,33-35H2,1-2H3. The van der Waals surface area contributed by atoms with E-state index in [-0.39, 0.29) is 11.2 Å². The number of hydrogen-bond acceptors (Lipinski definition) is 1. The molecule has 0 unspecified atom stereocenters. The first-order valence-corrected chi connectivity index (χ1v) is 21.0. The van der Waals surface area contributed by atoms with E-state index in [1.165, 1.54) is 95.2 Å². The van der Waals surface area contributed by atoms with E-state index < -0.39 is 0 Å². The zero-order valence-electron chi connectivity index (χ0n) is 32.9. The van der Waals surface area contributed by atoms with E-state index >= 15 is 0 Å². The number of anilines is 3. The van der Waals surface area contributed by atoms with E-state index in [1.807, 2.05) is 12.1 Å². The maximum absolute atomic E-state index is 13.7. The van der Waals surface area contributed by atoms with Gasteiger partial charge in [0.1, 0.15) is 5.82 Å². The fourth-order valence-corrected chi connectivity index (χ4v) is 11.9. The molecular weight excluding hydrogens is 694 g/mol. The average molecular weight is 742 g/mol. The largest absolute Gasteiger partial charge is 0.310 e. The van der Waals surface area contributed by atoms with Crippen LogP contribution in [0.1, 0.15) is 69.1 Å². The molecule has 4 saturated carbocycles. The molecule has 280 valence electrons. The Morgan fingerprint density at radius 1 is 0.439 bits per heavy atom. The topological polar surface area (TPSA) is 3.24 Å². The van der Waals surface area contributed by atoms with Gasteiger partial charge in [-0.1, -0.05) is 123 Å². The van der Waals surface area contributed by atoms with Crippen LogP contribution in [0.25, 0.3) is 44.5 Å². The van der Waals surface area contributed by atoms with Crippen LogP contribution in [0.3, 0.4) is 0 Å². The molecule has 0 heterocycles. The zero-order valence-corrected chi connectivity index (χ0v) is 32.9. The molecule has 7 aromatic carbocycles. The van der Waals surface area contributed by atoms with Crippen LogP contribution in [-0.2, 0) is 10.8 Å². The van der Waals surface area contributed by atoms with Crippen LogP contribution in [0.4, 0.5) is 21.5 Å². The highest BCUT2D eigenvalue weighted by molar-refractivity contribution is 5.88. The minimum absolute atomic E-state index is 0.175. The van der Waals surface area contributed by atoms with Crippen LogP contribution in [0.2, 0.25) is 0 Å². The average Bonchev–Trinajstić information content (AvgIpc) is 3.46. The highest BCUT2D eigenvalue weighted by Crippen LogP contribution is 2.61. The van der Waals surface area contributed by atoms with E-state index in [0.29, 0.717) is 5.41 Å². The van der Waals surface area contributed by atoms with E-state index in [4.69, 9.17) is 0 Å². The second-order valence-corrected chi connectivity index (χ2v) is 18.2. The molecule has 0 saturated heterocycles. The summed E-state index contributed by atoms with van der Waals surface area (Å²) in [5.41, 5.74) is 17.6.